The minimum Gasteiger partial charge on any atom is -0.465 e. The van der Waals surface area contributed by atoms with E-state index in [1.165, 1.54) is 0 Å². The molecule has 0 N–H and O–H groups in total. The van der Waals surface area contributed by atoms with Crippen molar-refractivity contribution in [3.05, 3.63) is 11.6 Å². The second-order valence-electron chi connectivity index (χ2n) is 2.54. The van der Waals surface area contributed by atoms with Crippen molar-refractivity contribution >= 4 is 17.6 Å². The monoisotopic (exact) mass is 190 g/mol. The molecule has 0 aromatic carbocycles. The Labute approximate surface area is 78.5 Å². The summed E-state index contributed by atoms with van der Waals surface area (Å²) in [5.41, 5.74) is 0. The van der Waals surface area contributed by atoms with E-state index in [9.17, 15) is 4.79 Å². The second-order valence-corrected chi connectivity index (χ2v) is 3.03. The molecule has 0 saturated carbocycles. The van der Waals surface area contributed by atoms with E-state index in [0.717, 1.165) is 6.42 Å². The Morgan fingerprint density at radius 1 is 1.58 bits per heavy atom. The minimum absolute atomic E-state index is 0.264. The van der Waals surface area contributed by atoms with Gasteiger partial charge in [0.15, 0.2) is 0 Å². The molecule has 1 unspecified atom stereocenters. The summed E-state index contributed by atoms with van der Waals surface area (Å²) in [6.45, 7) is 7.70. The first kappa shape index (κ1) is 11.5. The zero-order chi connectivity index (χ0) is 9.56. The maximum atomic E-state index is 11.2. The fraction of sp³-hybridized carbons (Fsp3) is 0.667. The molecule has 0 spiro atoms. The van der Waals surface area contributed by atoms with E-state index in [-0.39, 0.29) is 11.9 Å². The molecule has 0 aliphatic heterocycles. The van der Waals surface area contributed by atoms with Crippen molar-refractivity contribution in [3.8, 4) is 0 Å². The average Bonchev–Trinajstić information content (AvgIpc) is 1.99. The summed E-state index contributed by atoms with van der Waals surface area (Å²) in [4.78, 5) is 11.2. The Hall–Kier alpha value is -0.500. The van der Waals surface area contributed by atoms with Crippen LogP contribution in [0.4, 0.5) is 0 Å². The Morgan fingerprint density at radius 2 is 2.17 bits per heavy atom. The average molecular weight is 191 g/mol. The largest absolute Gasteiger partial charge is 0.465 e. The van der Waals surface area contributed by atoms with Crippen molar-refractivity contribution in [1.82, 2.24) is 0 Å². The normalized spacial score (nSPS) is 12.2. The van der Waals surface area contributed by atoms with Gasteiger partial charge in [0, 0.05) is 5.03 Å². The van der Waals surface area contributed by atoms with E-state index < -0.39 is 0 Å². The van der Waals surface area contributed by atoms with Gasteiger partial charge in [-0.05, 0) is 13.3 Å². The molecule has 0 aliphatic rings. The zero-order valence-electron chi connectivity index (χ0n) is 7.60. The van der Waals surface area contributed by atoms with Crippen LogP contribution in [0, 0.1) is 5.92 Å². The van der Waals surface area contributed by atoms with Crippen molar-refractivity contribution in [3.63, 3.8) is 0 Å². The summed E-state index contributed by atoms with van der Waals surface area (Å²) in [6, 6.07) is 0. The lowest BCUT2D eigenvalue weighted by Gasteiger charge is -2.12. The molecule has 70 valence electrons. The smallest absolute Gasteiger partial charge is 0.314 e. The SMILES string of the molecule is C=C(Cl)C(CCC)C(=O)OCC. The standard InChI is InChI=1S/C9H15ClO2/c1-4-6-8(7(3)10)9(11)12-5-2/h8H,3-6H2,1-2H3. The summed E-state index contributed by atoms with van der Waals surface area (Å²) in [6.07, 6.45) is 1.61. The first-order valence-corrected chi connectivity index (χ1v) is 4.52. The fourth-order valence-corrected chi connectivity index (χ4v) is 1.13. The van der Waals surface area contributed by atoms with E-state index in [2.05, 4.69) is 6.58 Å². The van der Waals surface area contributed by atoms with E-state index >= 15 is 0 Å². The molecule has 0 saturated heterocycles. The molecule has 0 aromatic heterocycles. The Morgan fingerprint density at radius 3 is 2.50 bits per heavy atom. The topological polar surface area (TPSA) is 26.3 Å². The fourth-order valence-electron chi connectivity index (χ4n) is 0.934. The van der Waals surface area contributed by atoms with Crippen LogP contribution < -0.4 is 0 Å². The predicted octanol–water partition coefficient (Wildman–Crippen LogP) is 2.72. The highest BCUT2D eigenvalue weighted by atomic mass is 35.5. The first-order valence-electron chi connectivity index (χ1n) is 4.14. The molecule has 0 rings (SSSR count). The second kappa shape index (κ2) is 6.06. The summed E-state index contributed by atoms with van der Waals surface area (Å²) >= 11 is 5.66. The predicted molar refractivity (Wildman–Crippen MR) is 50.0 cm³/mol. The van der Waals surface area contributed by atoms with Crippen molar-refractivity contribution in [2.45, 2.75) is 26.7 Å². The Bertz CT molecular complexity index is 166. The quantitative estimate of drug-likeness (QED) is 0.624. The summed E-state index contributed by atoms with van der Waals surface area (Å²) in [5.74, 6) is -0.601. The van der Waals surface area contributed by atoms with Gasteiger partial charge < -0.3 is 4.74 Å². The van der Waals surface area contributed by atoms with Gasteiger partial charge in [-0.2, -0.15) is 0 Å². The Kier molecular flexibility index (Phi) is 5.81. The maximum absolute atomic E-state index is 11.2. The van der Waals surface area contributed by atoms with Crippen LogP contribution in [-0.2, 0) is 9.53 Å². The lowest BCUT2D eigenvalue weighted by atomic mass is 10.0. The van der Waals surface area contributed by atoms with Crippen LogP contribution in [0.3, 0.4) is 0 Å². The number of esters is 1. The molecule has 12 heavy (non-hydrogen) atoms. The molecule has 0 aliphatic carbocycles. The number of hydrogen-bond acceptors (Lipinski definition) is 2. The van der Waals surface area contributed by atoms with Gasteiger partial charge in [-0.15, -0.1) is 0 Å². The van der Waals surface area contributed by atoms with Crippen molar-refractivity contribution in [2.24, 2.45) is 5.92 Å². The number of hydrogen-bond donors (Lipinski definition) is 0. The van der Waals surface area contributed by atoms with Gasteiger partial charge in [0.05, 0.1) is 12.5 Å². The van der Waals surface area contributed by atoms with Gasteiger partial charge in [0.2, 0.25) is 0 Å². The number of carbonyl (C=O) groups is 1. The molecule has 3 heteroatoms. The highest BCUT2D eigenvalue weighted by Gasteiger charge is 2.20. The summed E-state index contributed by atoms with van der Waals surface area (Å²) in [7, 11) is 0. The number of carbonyl (C=O) groups excluding carboxylic acids is 1. The lowest BCUT2D eigenvalue weighted by Crippen LogP contribution is -2.17. The molecule has 0 amide bonds. The number of rotatable bonds is 5. The molecule has 0 heterocycles. The van der Waals surface area contributed by atoms with Crippen molar-refractivity contribution in [1.29, 1.82) is 0 Å². The third-order valence-corrected chi connectivity index (χ3v) is 1.79. The van der Waals surface area contributed by atoms with E-state index in [1.54, 1.807) is 6.92 Å². The lowest BCUT2D eigenvalue weighted by molar-refractivity contribution is -0.146. The molecular weight excluding hydrogens is 176 g/mol. The van der Waals surface area contributed by atoms with Gasteiger partial charge in [0.1, 0.15) is 0 Å². The van der Waals surface area contributed by atoms with Crippen molar-refractivity contribution in [2.75, 3.05) is 6.61 Å². The van der Waals surface area contributed by atoms with E-state index in [0.29, 0.717) is 18.1 Å². The zero-order valence-corrected chi connectivity index (χ0v) is 8.36. The summed E-state index contributed by atoms with van der Waals surface area (Å²) < 4.78 is 4.83. The van der Waals surface area contributed by atoms with Gasteiger partial charge in [-0.1, -0.05) is 31.5 Å². The van der Waals surface area contributed by atoms with E-state index in [4.69, 9.17) is 16.3 Å². The van der Waals surface area contributed by atoms with E-state index in [1.807, 2.05) is 6.92 Å². The third kappa shape index (κ3) is 3.77. The molecule has 0 radical (unpaired) electrons. The molecule has 0 bridgehead atoms. The highest BCUT2D eigenvalue weighted by Crippen LogP contribution is 2.20. The molecular formula is C9H15ClO2. The number of ether oxygens (including phenoxy) is 1. The molecule has 0 fully saturated rings. The van der Waals surface area contributed by atoms with Gasteiger partial charge in [-0.3, -0.25) is 4.79 Å². The van der Waals surface area contributed by atoms with Gasteiger partial charge in [-0.25, -0.2) is 0 Å². The highest BCUT2D eigenvalue weighted by molar-refractivity contribution is 6.30. The van der Waals surface area contributed by atoms with Crippen LogP contribution in [-0.4, -0.2) is 12.6 Å². The first-order chi connectivity index (χ1) is 5.63. The maximum Gasteiger partial charge on any atom is 0.314 e. The number of halogens is 1. The van der Waals surface area contributed by atoms with Gasteiger partial charge >= 0.3 is 5.97 Å². The van der Waals surface area contributed by atoms with Gasteiger partial charge in [0.25, 0.3) is 0 Å². The molecule has 1 atom stereocenters. The Balaban J connectivity index is 4.09. The molecule has 2 nitrogen and oxygen atoms in total. The van der Waals surface area contributed by atoms with Crippen LogP contribution in [0.25, 0.3) is 0 Å². The van der Waals surface area contributed by atoms with Crippen LogP contribution in [0.5, 0.6) is 0 Å². The third-order valence-electron chi connectivity index (χ3n) is 1.53. The van der Waals surface area contributed by atoms with Crippen LogP contribution >= 0.6 is 11.6 Å². The molecule has 0 aromatic rings. The minimum atomic E-state index is -0.336. The summed E-state index contributed by atoms with van der Waals surface area (Å²) in [5, 5.41) is 0.371. The van der Waals surface area contributed by atoms with Crippen molar-refractivity contribution < 1.29 is 9.53 Å². The van der Waals surface area contributed by atoms with Crippen LogP contribution in [0.15, 0.2) is 11.6 Å². The van der Waals surface area contributed by atoms with Crippen LogP contribution in [0.1, 0.15) is 26.7 Å². The van der Waals surface area contributed by atoms with Crippen LogP contribution in [0.2, 0.25) is 0 Å².